The fourth-order valence-electron chi connectivity index (χ4n) is 3.86. The van der Waals surface area contributed by atoms with Gasteiger partial charge in [-0.1, -0.05) is 18.2 Å². The van der Waals surface area contributed by atoms with Gasteiger partial charge in [0.1, 0.15) is 5.82 Å². The standard InChI is InChI=1S/C22H21F3N4O3/c1-32-21(31)16-13-27-19(11-17(16)22(23,24)25)28-6-8-29(9-7-28)20(30)10-14-12-26-18-5-3-2-4-15(14)18/h2-5,11-13,26H,6-10H2,1H3. The summed E-state index contributed by atoms with van der Waals surface area (Å²) in [6.45, 7) is 1.40. The van der Waals surface area contributed by atoms with Crippen molar-refractivity contribution in [2.45, 2.75) is 12.6 Å². The van der Waals surface area contributed by atoms with Crippen LogP contribution in [0.25, 0.3) is 10.9 Å². The predicted molar refractivity (Wildman–Crippen MR) is 111 cm³/mol. The Hall–Kier alpha value is -3.56. The molecular weight excluding hydrogens is 425 g/mol. The van der Waals surface area contributed by atoms with E-state index in [1.165, 1.54) is 0 Å². The number of rotatable bonds is 4. The second-order valence-electron chi connectivity index (χ2n) is 7.48. The number of fused-ring (bicyclic) bond motifs is 1. The van der Waals surface area contributed by atoms with Gasteiger partial charge in [-0.15, -0.1) is 0 Å². The van der Waals surface area contributed by atoms with Crippen LogP contribution in [-0.2, 0) is 22.1 Å². The number of esters is 1. The number of benzene rings is 1. The third-order valence-electron chi connectivity index (χ3n) is 5.57. The Morgan fingerprint density at radius 2 is 1.88 bits per heavy atom. The zero-order valence-electron chi connectivity index (χ0n) is 17.3. The molecule has 0 spiro atoms. The summed E-state index contributed by atoms with van der Waals surface area (Å²) in [7, 11) is 1.02. The average molecular weight is 446 g/mol. The number of para-hydroxylation sites is 1. The number of amides is 1. The number of methoxy groups -OCH3 is 1. The minimum absolute atomic E-state index is 0.0422. The van der Waals surface area contributed by atoms with Crippen LogP contribution in [0.3, 0.4) is 0 Å². The van der Waals surface area contributed by atoms with Crippen molar-refractivity contribution in [3.63, 3.8) is 0 Å². The first-order chi connectivity index (χ1) is 15.3. The first-order valence-electron chi connectivity index (χ1n) is 10.0. The molecule has 1 aliphatic heterocycles. The van der Waals surface area contributed by atoms with Gasteiger partial charge in [0.15, 0.2) is 0 Å². The number of hydrogen-bond donors (Lipinski definition) is 1. The van der Waals surface area contributed by atoms with Gasteiger partial charge in [0.05, 0.1) is 24.7 Å². The Labute approximate surface area is 181 Å². The number of carbonyl (C=O) groups is 2. The third-order valence-corrected chi connectivity index (χ3v) is 5.57. The molecule has 1 N–H and O–H groups in total. The molecule has 7 nitrogen and oxygen atoms in total. The van der Waals surface area contributed by atoms with E-state index in [2.05, 4.69) is 14.7 Å². The minimum atomic E-state index is -4.72. The van der Waals surface area contributed by atoms with Gasteiger partial charge in [-0.05, 0) is 17.7 Å². The van der Waals surface area contributed by atoms with Crippen molar-refractivity contribution in [3.8, 4) is 0 Å². The van der Waals surface area contributed by atoms with Crippen molar-refractivity contribution in [2.24, 2.45) is 0 Å². The van der Waals surface area contributed by atoms with Crippen LogP contribution in [0.15, 0.2) is 42.7 Å². The zero-order valence-corrected chi connectivity index (χ0v) is 17.3. The van der Waals surface area contributed by atoms with E-state index in [0.717, 1.165) is 35.8 Å². The molecule has 0 unspecified atom stereocenters. The fourth-order valence-corrected chi connectivity index (χ4v) is 3.86. The second-order valence-corrected chi connectivity index (χ2v) is 7.48. The molecule has 32 heavy (non-hydrogen) atoms. The summed E-state index contributed by atoms with van der Waals surface area (Å²) in [5.74, 6) is -1.03. The van der Waals surface area contributed by atoms with E-state index in [1.54, 1.807) is 9.80 Å². The highest BCUT2D eigenvalue weighted by Crippen LogP contribution is 2.34. The van der Waals surface area contributed by atoms with E-state index in [4.69, 9.17) is 0 Å². The van der Waals surface area contributed by atoms with Crippen LogP contribution in [-0.4, -0.2) is 60.0 Å². The lowest BCUT2D eigenvalue weighted by molar-refractivity contribution is -0.138. The lowest BCUT2D eigenvalue weighted by atomic mass is 10.1. The topological polar surface area (TPSA) is 78.5 Å². The normalized spacial score (nSPS) is 14.6. The molecule has 1 aliphatic rings. The predicted octanol–water partition coefficient (Wildman–Crippen LogP) is 3.26. The monoisotopic (exact) mass is 446 g/mol. The lowest BCUT2D eigenvalue weighted by Gasteiger charge is -2.35. The van der Waals surface area contributed by atoms with Crippen LogP contribution in [0.5, 0.6) is 0 Å². The van der Waals surface area contributed by atoms with Gasteiger partial charge in [-0.2, -0.15) is 13.2 Å². The van der Waals surface area contributed by atoms with E-state index >= 15 is 0 Å². The van der Waals surface area contributed by atoms with Gasteiger partial charge in [-0.3, -0.25) is 4.79 Å². The minimum Gasteiger partial charge on any atom is -0.465 e. The number of aromatic amines is 1. The Morgan fingerprint density at radius 1 is 1.16 bits per heavy atom. The second kappa shape index (κ2) is 8.52. The number of aromatic nitrogens is 2. The van der Waals surface area contributed by atoms with E-state index in [9.17, 15) is 22.8 Å². The van der Waals surface area contributed by atoms with E-state index < -0.39 is 23.3 Å². The molecule has 3 heterocycles. The summed E-state index contributed by atoms with van der Waals surface area (Å²) >= 11 is 0. The van der Waals surface area contributed by atoms with Crippen LogP contribution >= 0.6 is 0 Å². The molecule has 1 aromatic carbocycles. The smallest absolute Gasteiger partial charge is 0.417 e. The van der Waals surface area contributed by atoms with Crippen molar-refractivity contribution < 1.29 is 27.5 Å². The summed E-state index contributed by atoms with van der Waals surface area (Å²) in [6.07, 6.45) is -1.77. The molecule has 1 amide bonds. The number of nitrogens with one attached hydrogen (secondary N) is 1. The maximum absolute atomic E-state index is 13.4. The number of hydrogen-bond acceptors (Lipinski definition) is 5. The van der Waals surface area contributed by atoms with Crippen LogP contribution in [0.1, 0.15) is 21.5 Å². The summed E-state index contributed by atoms with van der Waals surface area (Å²) in [5, 5.41) is 0.995. The van der Waals surface area contributed by atoms with Crippen molar-refractivity contribution >= 4 is 28.6 Å². The largest absolute Gasteiger partial charge is 0.465 e. The SMILES string of the molecule is COC(=O)c1cnc(N2CCN(C(=O)Cc3c[nH]c4ccccc34)CC2)cc1C(F)(F)F. The molecular formula is C22H21F3N4O3. The maximum Gasteiger partial charge on any atom is 0.417 e. The molecule has 1 fully saturated rings. The van der Waals surface area contributed by atoms with Gasteiger partial charge in [-0.25, -0.2) is 9.78 Å². The average Bonchev–Trinajstić information content (AvgIpc) is 3.20. The highest BCUT2D eigenvalue weighted by atomic mass is 19.4. The highest BCUT2D eigenvalue weighted by Gasteiger charge is 2.37. The molecule has 0 bridgehead atoms. The van der Waals surface area contributed by atoms with Crippen molar-refractivity contribution in [2.75, 3.05) is 38.2 Å². The van der Waals surface area contributed by atoms with Gasteiger partial charge >= 0.3 is 12.1 Å². The number of piperazine rings is 1. The van der Waals surface area contributed by atoms with Gasteiger partial charge in [0.2, 0.25) is 5.91 Å². The van der Waals surface area contributed by atoms with Crippen LogP contribution in [0, 0.1) is 0 Å². The molecule has 0 atom stereocenters. The molecule has 0 saturated carbocycles. The highest BCUT2D eigenvalue weighted by molar-refractivity contribution is 5.91. The maximum atomic E-state index is 13.4. The third kappa shape index (κ3) is 4.25. The molecule has 2 aromatic heterocycles. The Morgan fingerprint density at radius 3 is 2.56 bits per heavy atom. The number of halogens is 3. The number of pyridine rings is 1. The van der Waals surface area contributed by atoms with Crippen molar-refractivity contribution in [1.29, 1.82) is 0 Å². The molecule has 4 rings (SSSR count). The first-order valence-corrected chi connectivity index (χ1v) is 10.0. The van der Waals surface area contributed by atoms with E-state index in [0.29, 0.717) is 26.2 Å². The van der Waals surface area contributed by atoms with Crippen molar-refractivity contribution in [3.05, 3.63) is 59.4 Å². The van der Waals surface area contributed by atoms with E-state index in [-0.39, 0.29) is 18.1 Å². The number of ether oxygens (including phenoxy) is 1. The number of H-pyrrole nitrogens is 1. The lowest BCUT2D eigenvalue weighted by Crippen LogP contribution is -2.49. The molecule has 0 aliphatic carbocycles. The van der Waals surface area contributed by atoms with Gasteiger partial charge < -0.3 is 19.5 Å². The number of alkyl halides is 3. The van der Waals surface area contributed by atoms with Crippen molar-refractivity contribution in [1.82, 2.24) is 14.9 Å². The molecule has 0 radical (unpaired) electrons. The Kier molecular flexibility index (Phi) is 5.77. The number of carbonyl (C=O) groups excluding carboxylic acids is 2. The zero-order chi connectivity index (χ0) is 22.9. The van der Waals surface area contributed by atoms with Crippen LogP contribution in [0.2, 0.25) is 0 Å². The number of anilines is 1. The van der Waals surface area contributed by atoms with Crippen LogP contribution in [0.4, 0.5) is 19.0 Å². The molecule has 1 saturated heterocycles. The molecule has 3 aromatic rings. The Balaban J connectivity index is 1.44. The van der Waals surface area contributed by atoms with Gasteiger partial charge in [0, 0.05) is 49.5 Å². The van der Waals surface area contributed by atoms with E-state index in [1.807, 2.05) is 30.5 Å². The first kappa shape index (κ1) is 21.7. The fraction of sp³-hybridized carbons (Fsp3) is 0.318. The summed E-state index contributed by atoms with van der Waals surface area (Å²) in [5.41, 5.74) is 0.147. The Bertz CT molecular complexity index is 1150. The summed E-state index contributed by atoms with van der Waals surface area (Å²) in [4.78, 5) is 35.0. The number of nitrogens with zero attached hydrogens (tertiary/aromatic N) is 3. The van der Waals surface area contributed by atoms with Crippen LogP contribution < -0.4 is 4.90 Å². The summed E-state index contributed by atoms with van der Waals surface area (Å²) < 4.78 is 44.8. The van der Waals surface area contributed by atoms with Gasteiger partial charge in [0.25, 0.3) is 0 Å². The molecule has 168 valence electrons. The summed E-state index contributed by atoms with van der Waals surface area (Å²) in [6, 6.07) is 8.58. The quantitative estimate of drug-likeness (QED) is 0.623. The molecule has 10 heteroatoms.